The Morgan fingerprint density at radius 2 is 1.79 bits per heavy atom. The average Bonchev–Trinajstić information content (AvgIpc) is 3.00. The number of nitrogens with zero attached hydrogens (tertiary/aromatic N) is 3. The van der Waals surface area contributed by atoms with Crippen LogP contribution in [0.15, 0.2) is 28.9 Å². The van der Waals surface area contributed by atoms with Gasteiger partial charge in [0.05, 0.1) is 16.0 Å². The lowest BCUT2D eigenvalue weighted by atomic mass is 9.79. The Balaban J connectivity index is 1.60. The zero-order valence-corrected chi connectivity index (χ0v) is 22.2. The van der Waals surface area contributed by atoms with Crippen LogP contribution in [0.5, 0.6) is 0 Å². The van der Waals surface area contributed by atoms with Crippen LogP contribution in [0, 0.1) is 11.8 Å². The third-order valence-corrected chi connectivity index (χ3v) is 9.15. The lowest BCUT2D eigenvalue weighted by Gasteiger charge is -2.40. The van der Waals surface area contributed by atoms with E-state index in [2.05, 4.69) is 52.2 Å². The van der Waals surface area contributed by atoms with Crippen LogP contribution in [-0.2, 0) is 11.2 Å². The minimum atomic E-state index is -0.133. The number of halogens is 1. The highest BCUT2D eigenvalue weighted by Gasteiger charge is 2.39. The summed E-state index contributed by atoms with van der Waals surface area (Å²) < 4.78 is 2.89. The van der Waals surface area contributed by atoms with Gasteiger partial charge >= 0.3 is 0 Å². The van der Waals surface area contributed by atoms with E-state index >= 15 is 0 Å². The van der Waals surface area contributed by atoms with E-state index in [9.17, 15) is 9.59 Å². The van der Waals surface area contributed by atoms with Crippen LogP contribution in [-0.4, -0.2) is 58.9 Å². The first-order valence-corrected chi connectivity index (χ1v) is 13.8. The molecule has 34 heavy (non-hydrogen) atoms. The summed E-state index contributed by atoms with van der Waals surface area (Å²) in [6.07, 6.45) is 9.83. The first-order valence-electron chi connectivity index (χ1n) is 13.0. The molecular formula is C28H36BrN3O2. The molecule has 0 spiro atoms. The summed E-state index contributed by atoms with van der Waals surface area (Å²) in [6, 6.07) is 6.56. The van der Waals surface area contributed by atoms with Crippen molar-refractivity contribution in [1.82, 2.24) is 14.4 Å². The third kappa shape index (κ3) is 3.87. The predicted octanol–water partition coefficient (Wildman–Crippen LogP) is 5.75. The number of aromatic nitrogens is 1. The number of rotatable bonds is 4. The molecule has 1 aromatic carbocycles. The summed E-state index contributed by atoms with van der Waals surface area (Å²) in [5.74, 6) is 0.421. The maximum Gasteiger partial charge on any atom is 0.235 e. The summed E-state index contributed by atoms with van der Waals surface area (Å²) in [6.45, 7) is 6.29. The molecule has 6 heteroatoms. The Morgan fingerprint density at radius 3 is 2.47 bits per heavy atom. The molecule has 0 radical (unpaired) electrons. The summed E-state index contributed by atoms with van der Waals surface area (Å²) in [4.78, 5) is 31.3. The number of carbonyl (C=O) groups excluding carboxylic acids is 2. The summed E-state index contributed by atoms with van der Waals surface area (Å²) in [5, 5.41) is 1.18. The Hall–Kier alpha value is -1.92. The number of likely N-dealkylation sites (N-methyl/N-ethyl adjacent to an activating group) is 1. The molecule has 1 saturated carbocycles. The summed E-state index contributed by atoms with van der Waals surface area (Å²) in [7, 11) is 2.13. The lowest BCUT2D eigenvalue weighted by molar-refractivity contribution is -0.134. The molecule has 2 aromatic rings. The standard InChI is InChI=1S/C28H36BrN3O2/c1-4-31(5-2)27(33)19-15-21-20-13-10-14-23-25(20)22(16-24(21)30(3)17-19)26(29)32(23)28(34)18-11-8-6-7-9-12-18/h10,13-15,18-19,24H,4-9,11-12,16-17H2,1-3H3. The quantitative estimate of drug-likeness (QED) is 0.477. The van der Waals surface area contributed by atoms with E-state index in [0.717, 1.165) is 61.9 Å². The highest BCUT2D eigenvalue weighted by atomic mass is 79.9. The molecule has 182 valence electrons. The Morgan fingerprint density at radius 1 is 1.09 bits per heavy atom. The van der Waals surface area contributed by atoms with E-state index in [1.807, 2.05) is 23.3 Å². The summed E-state index contributed by atoms with van der Waals surface area (Å²) >= 11 is 3.86. The van der Waals surface area contributed by atoms with Crippen molar-refractivity contribution in [2.24, 2.45) is 11.8 Å². The van der Waals surface area contributed by atoms with Crippen molar-refractivity contribution in [3.05, 3.63) is 40.0 Å². The fourth-order valence-corrected chi connectivity index (χ4v) is 7.17. The van der Waals surface area contributed by atoms with E-state index in [1.54, 1.807) is 0 Å². The smallest absolute Gasteiger partial charge is 0.235 e. The highest BCUT2D eigenvalue weighted by molar-refractivity contribution is 9.10. The van der Waals surface area contributed by atoms with Crippen molar-refractivity contribution in [2.45, 2.75) is 64.8 Å². The maximum atomic E-state index is 13.8. The van der Waals surface area contributed by atoms with Gasteiger partial charge in [-0.05, 0) is 78.9 Å². The minimum Gasteiger partial charge on any atom is -0.343 e. The topological polar surface area (TPSA) is 45.6 Å². The van der Waals surface area contributed by atoms with Crippen molar-refractivity contribution >= 4 is 44.2 Å². The monoisotopic (exact) mass is 525 g/mol. The second kappa shape index (κ2) is 9.62. The normalized spacial score (nSPS) is 23.4. The van der Waals surface area contributed by atoms with Gasteiger partial charge in [-0.1, -0.05) is 43.9 Å². The molecule has 2 heterocycles. The van der Waals surface area contributed by atoms with E-state index in [1.165, 1.54) is 34.9 Å². The number of hydrogen-bond donors (Lipinski definition) is 0. The van der Waals surface area contributed by atoms with Gasteiger partial charge in [0.15, 0.2) is 0 Å². The molecule has 5 nitrogen and oxygen atoms in total. The Bertz CT molecular complexity index is 1140. The van der Waals surface area contributed by atoms with Crippen molar-refractivity contribution < 1.29 is 9.59 Å². The van der Waals surface area contributed by atoms with Crippen molar-refractivity contribution in [1.29, 1.82) is 0 Å². The summed E-state index contributed by atoms with van der Waals surface area (Å²) in [5.41, 5.74) is 4.66. The van der Waals surface area contributed by atoms with Gasteiger partial charge in [0.25, 0.3) is 0 Å². The van der Waals surface area contributed by atoms with Crippen LogP contribution < -0.4 is 0 Å². The van der Waals surface area contributed by atoms with Crippen molar-refractivity contribution in [3.63, 3.8) is 0 Å². The molecule has 1 aromatic heterocycles. The maximum absolute atomic E-state index is 13.8. The number of benzene rings is 1. The van der Waals surface area contributed by atoms with Gasteiger partial charge in [-0.3, -0.25) is 19.1 Å². The second-order valence-corrected chi connectivity index (χ2v) is 11.0. The molecule has 1 amide bonds. The van der Waals surface area contributed by atoms with Crippen molar-refractivity contribution in [2.75, 3.05) is 26.7 Å². The van der Waals surface area contributed by atoms with E-state index in [0.29, 0.717) is 0 Å². The van der Waals surface area contributed by atoms with Crippen LogP contribution >= 0.6 is 15.9 Å². The second-order valence-electron chi connectivity index (χ2n) is 10.2. The van der Waals surface area contributed by atoms with Crippen LogP contribution in [0.4, 0.5) is 0 Å². The number of carbonyl (C=O) groups is 2. The molecule has 0 saturated heterocycles. The highest BCUT2D eigenvalue weighted by Crippen LogP contribution is 2.45. The van der Waals surface area contributed by atoms with Crippen LogP contribution in [0.25, 0.3) is 16.5 Å². The number of fused-ring (bicyclic) bond motifs is 2. The zero-order valence-electron chi connectivity index (χ0n) is 20.6. The van der Waals surface area contributed by atoms with Crippen LogP contribution in [0.3, 0.4) is 0 Å². The van der Waals surface area contributed by atoms with Gasteiger partial charge in [0.1, 0.15) is 0 Å². The van der Waals surface area contributed by atoms with Gasteiger partial charge in [-0.2, -0.15) is 0 Å². The molecule has 1 aliphatic heterocycles. The van der Waals surface area contributed by atoms with Gasteiger partial charge < -0.3 is 4.90 Å². The molecule has 3 aliphatic rings. The molecule has 0 bridgehead atoms. The Labute approximate surface area is 211 Å². The van der Waals surface area contributed by atoms with Gasteiger partial charge in [-0.15, -0.1) is 0 Å². The average molecular weight is 527 g/mol. The number of amides is 1. The van der Waals surface area contributed by atoms with Crippen molar-refractivity contribution in [3.8, 4) is 0 Å². The number of hydrogen-bond acceptors (Lipinski definition) is 3. The molecule has 0 N–H and O–H groups in total. The third-order valence-electron chi connectivity index (χ3n) is 8.31. The first-order chi connectivity index (χ1) is 16.5. The van der Waals surface area contributed by atoms with E-state index < -0.39 is 0 Å². The molecular weight excluding hydrogens is 490 g/mol. The molecule has 2 atom stereocenters. The first kappa shape index (κ1) is 23.8. The van der Waals surface area contributed by atoms with Gasteiger partial charge in [0, 0.05) is 37.0 Å². The lowest BCUT2D eigenvalue weighted by Crippen LogP contribution is -2.47. The minimum absolute atomic E-state index is 0.104. The van der Waals surface area contributed by atoms with Crippen LogP contribution in [0.2, 0.25) is 0 Å². The largest absolute Gasteiger partial charge is 0.343 e. The van der Waals surface area contributed by atoms with E-state index in [-0.39, 0.29) is 29.7 Å². The molecule has 1 fully saturated rings. The SMILES string of the molecule is CCN(CC)C(=O)C1C=C2c3cccc4c3c(c(Br)n4C(=O)C3CCCCCC3)CC2N(C)C1. The Kier molecular flexibility index (Phi) is 6.73. The molecule has 5 rings (SSSR count). The predicted molar refractivity (Wildman–Crippen MR) is 141 cm³/mol. The fraction of sp³-hybridized carbons (Fsp3) is 0.571. The molecule has 2 aliphatic carbocycles. The molecule has 2 unspecified atom stereocenters. The van der Waals surface area contributed by atoms with E-state index in [4.69, 9.17) is 0 Å². The van der Waals surface area contributed by atoms with Crippen LogP contribution in [0.1, 0.15) is 68.3 Å². The van der Waals surface area contributed by atoms with Gasteiger partial charge in [-0.25, -0.2) is 0 Å². The van der Waals surface area contributed by atoms with Gasteiger partial charge in [0.2, 0.25) is 11.8 Å². The zero-order chi connectivity index (χ0) is 24.0. The fourth-order valence-electron chi connectivity index (χ4n) is 6.44.